The largest absolute Gasteiger partial charge is 0.165 e. The summed E-state index contributed by atoms with van der Waals surface area (Å²) in [5.74, 6) is -0.262. The molecule has 0 nitrogen and oxygen atoms in total. The molecule has 0 heterocycles. The summed E-state index contributed by atoms with van der Waals surface area (Å²) < 4.78 is -1.36. The minimum atomic E-state index is -1.36. The maximum atomic E-state index is 6.60. The molecule has 0 N–H and O–H groups in total. The van der Waals surface area contributed by atoms with Gasteiger partial charge < -0.3 is 0 Å². The summed E-state index contributed by atoms with van der Waals surface area (Å²) in [7, 11) is 0. The average Bonchev–Trinajstić information content (AvgIpc) is 2.63. The van der Waals surface area contributed by atoms with Crippen molar-refractivity contribution >= 4 is 81.2 Å². The maximum Gasteiger partial charge on any atom is 0.165 e. The van der Waals surface area contributed by atoms with Gasteiger partial charge in [-0.05, 0) is 18.4 Å². The van der Waals surface area contributed by atoms with Gasteiger partial charge in [0, 0.05) is 11.0 Å². The van der Waals surface area contributed by atoms with Gasteiger partial charge in [0.2, 0.25) is 0 Å². The molecule has 0 aromatic carbocycles. The summed E-state index contributed by atoms with van der Waals surface area (Å²) in [5, 5.41) is -0.153. The summed E-state index contributed by atoms with van der Waals surface area (Å²) >= 11 is 44.6. The number of rotatable bonds is 0. The van der Waals surface area contributed by atoms with Crippen molar-refractivity contribution in [3.63, 3.8) is 0 Å². The number of hydrogen-bond acceptors (Lipinski definition) is 0. The van der Waals surface area contributed by atoms with Crippen LogP contribution in [0, 0.1) is 11.8 Å². The van der Waals surface area contributed by atoms with Crippen molar-refractivity contribution in [1.29, 1.82) is 0 Å². The highest BCUT2D eigenvalue weighted by molar-refractivity contribution is 6.62. The molecular weight excluding hydrogens is 368 g/mol. The van der Waals surface area contributed by atoms with Gasteiger partial charge in [0.1, 0.15) is 9.75 Å². The van der Waals surface area contributed by atoms with E-state index >= 15 is 0 Å². The SMILES string of the molecule is ClC1=C[C@]2(Cl)[C@@H]3C[C@H](Cl)[C@@H](Cl)[C@@H]3[C@@]1(Cl)C2(Cl)Cl. The van der Waals surface area contributed by atoms with E-state index in [4.69, 9.17) is 81.2 Å². The molecular formula is C10H7Cl7. The lowest BCUT2D eigenvalue weighted by Gasteiger charge is -2.35. The minimum Gasteiger partial charge on any atom is -0.121 e. The predicted octanol–water partition coefficient (Wildman–Crippen LogP) is 5.12. The Bertz CT molecular complexity index is 419. The summed E-state index contributed by atoms with van der Waals surface area (Å²) in [4.78, 5) is -2.13. The van der Waals surface area contributed by atoms with Crippen LogP contribution in [-0.4, -0.2) is 24.8 Å². The Morgan fingerprint density at radius 2 is 1.71 bits per heavy atom. The topological polar surface area (TPSA) is 0 Å². The van der Waals surface area contributed by atoms with Gasteiger partial charge in [-0.15, -0.1) is 46.4 Å². The van der Waals surface area contributed by atoms with E-state index in [2.05, 4.69) is 0 Å². The lowest BCUT2D eigenvalue weighted by Crippen LogP contribution is -2.46. The Labute approximate surface area is 134 Å². The highest BCUT2D eigenvalue weighted by Crippen LogP contribution is 2.76. The van der Waals surface area contributed by atoms with Crippen molar-refractivity contribution in [3.05, 3.63) is 11.1 Å². The van der Waals surface area contributed by atoms with E-state index in [1.165, 1.54) is 0 Å². The Morgan fingerprint density at radius 3 is 2.29 bits per heavy atom. The van der Waals surface area contributed by atoms with Crippen LogP contribution in [-0.2, 0) is 0 Å². The summed E-state index contributed by atoms with van der Waals surface area (Å²) in [5.41, 5.74) is 0. The molecule has 3 aliphatic carbocycles. The molecule has 0 amide bonds. The lowest BCUT2D eigenvalue weighted by atomic mass is 9.85. The molecule has 2 saturated carbocycles. The Balaban J connectivity index is 2.21. The third-order valence-electron chi connectivity index (χ3n) is 4.22. The third-order valence-corrected chi connectivity index (χ3v) is 8.90. The molecule has 3 aliphatic rings. The smallest absolute Gasteiger partial charge is 0.121 e. The fourth-order valence-corrected chi connectivity index (χ4v) is 6.76. The van der Waals surface area contributed by atoms with Gasteiger partial charge in [-0.3, -0.25) is 0 Å². The number of hydrogen-bond donors (Lipinski definition) is 0. The fourth-order valence-electron chi connectivity index (χ4n) is 3.41. The number of allylic oxidation sites excluding steroid dienone is 2. The number of halogens is 7. The Kier molecular flexibility index (Phi) is 2.99. The van der Waals surface area contributed by atoms with Crippen LogP contribution in [0.1, 0.15) is 6.42 Å². The Morgan fingerprint density at radius 1 is 1.12 bits per heavy atom. The predicted molar refractivity (Wildman–Crippen MR) is 76.4 cm³/mol. The number of fused-ring (bicyclic) bond motifs is 5. The third kappa shape index (κ3) is 1.28. The molecule has 0 aliphatic heterocycles. The molecule has 3 rings (SSSR count). The second-order valence-corrected chi connectivity index (χ2v) is 8.90. The van der Waals surface area contributed by atoms with E-state index in [0.717, 1.165) is 0 Å². The fraction of sp³-hybridized carbons (Fsp3) is 0.800. The lowest BCUT2D eigenvalue weighted by molar-refractivity contribution is 0.389. The normalized spacial score (nSPS) is 59.4. The molecule has 96 valence electrons. The van der Waals surface area contributed by atoms with Gasteiger partial charge in [-0.2, -0.15) is 0 Å². The standard InChI is InChI=1S/C10H7Cl7/c11-4-1-3-6(7(4)13)9(15)5(12)2-8(3,14)10(9,16)17/h2-4,6-7H,1H2/t3-,4+,6-,7-,8+,9-/m1/s1. The molecule has 17 heavy (non-hydrogen) atoms. The minimum absolute atomic E-state index is 0.0517. The second kappa shape index (κ2) is 3.70. The van der Waals surface area contributed by atoms with Gasteiger partial charge in [0.25, 0.3) is 0 Å². The van der Waals surface area contributed by atoms with Crippen LogP contribution in [0.4, 0.5) is 0 Å². The molecule has 7 heteroatoms. The average molecular weight is 375 g/mol. The van der Waals surface area contributed by atoms with Gasteiger partial charge in [0.05, 0.1) is 10.8 Å². The van der Waals surface area contributed by atoms with Crippen LogP contribution >= 0.6 is 81.2 Å². The van der Waals surface area contributed by atoms with Gasteiger partial charge in [0.15, 0.2) is 4.33 Å². The van der Waals surface area contributed by atoms with Gasteiger partial charge >= 0.3 is 0 Å². The first-order chi connectivity index (χ1) is 7.68. The molecule has 6 atom stereocenters. The second-order valence-electron chi connectivity index (χ2n) is 4.87. The van der Waals surface area contributed by atoms with E-state index in [0.29, 0.717) is 11.5 Å². The van der Waals surface area contributed by atoms with Crippen LogP contribution in [0.2, 0.25) is 0 Å². The molecule has 2 bridgehead atoms. The first-order valence-corrected chi connectivity index (χ1v) is 7.87. The molecule has 0 aromatic rings. The Hall–Kier alpha value is 1.77. The molecule has 0 saturated heterocycles. The van der Waals surface area contributed by atoms with E-state index in [1.54, 1.807) is 6.08 Å². The van der Waals surface area contributed by atoms with Crippen LogP contribution in [0.5, 0.6) is 0 Å². The van der Waals surface area contributed by atoms with E-state index in [9.17, 15) is 0 Å². The van der Waals surface area contributed by atoms with Crippen molar-refractivity contribution in [2.24, 2.45) is 11.8 Å². The van der Waals surface area contributed by atoms with Crippen LogP contribution < -0.4 is 0 Å². The highest BCUT2D eigenvalue weighted by Gasteiger charge is 2.82. The van der Waals surface area contributed by atoms with E-state index in [1.807, 2.05) is 0 Å². The molecule has 0 unspecified atom stereocenters. The van der Waals surface area contributed by atoms with Crippen molar-refractivity contribution < 1.29 is 0 Å². The van der Waals surface area contributed by atoms with Gasteiger partial charge in [-0.25, -0.2) is 0 Å². The summed E-state index contributed by atoms with van der Waals surface area (Å²) in [6.07, 6.45) is 2.29. The van der Waals surface area contributed by atoms with E-state index < -0.39 is 14.1 Å². The molecule has 0 radical (unpaired) electrons. The van der Waals surface area contributed by atoms with E-state index in [-0.39, 0.29) is 22.6 Å². The summed E-state index contributed by atoms with van der Waals surface area (Å²) in [6.45, 7) is 0. The number of alkyl halides is 6. The van der Waals surface area contributed by atoms with Crippen molar-refractivity contribution in [1.82, 2.24) is 0 Å². The van der Waals surface area contributed by atoms with Crippen molar-refractivity contribution in [2.75, 3.05) is 0 Å². The quantitative estimate of drug-likeness (QED) is 0.516. The van der Waals surface area contributed by atoms with Crippen molar-refractivity contribution in [2.45, 2.75) is 31.3 Å². The van der Waals surface area contributed by atoms with Crippen molar-refractivity contribution in [3.8, 4) is 0 Å². The zero-order valence-corrected chi connectivity index (χ0v) is 13.5. The van der Waals surface area contributed by atoms with Gasteiger partial charge in [-0.1, -0.05) is 34.8 Å². The zero-order valence-electron chi connectivity index (χ0n) is 8.24. The molecule has 2 fully saturated rings. The first-order valence-electron chi connectivity index (χ1n) is 5.10. The molecule has 0 aromatic heterocycles. The monoisotopic (exact) mass is 372 g/mol. The van der Waals surface area contributed by atoms with Crippen LogP contribution in [0.15, 0.2) is 11.1 Å². The molecule has 0 spiro atoms. The summed E-state index contributed by atoms with van der Waals surface area (Å²) in [6, 6.07) is 0. The highest BCUT2D eigenvalue weighted by atomic mass is 35.5. The zero-order chi connectivity index (χ0) is 12.8. The first kappa shape index (κ1) is 13.7. The van der Waals surface area contributed by atoms with Crippen LogP contribution in [0.3, 0.4) is 0 Å². The van der Waals surface area contributed by atoms with Crippen LogP contribution in [0.25, 0.3) is 0 Å². The maximum absolute atomic E-state index is 6.60.